The third-order valence-electron chi connectivity index (χ3n) is 3.49. The number of halogens is 19. The average Bonchev–Trinajstić information content (AvgIpc) is 2.58. The van der Waals surface area contributed by atoms with Gasteiger partial charge in [0, 0.05) is 0 Å². The lowest BCUT2D eigenvalue weighted by Crippen LogP contribution is -2.75. The van der Waals surface area contributed by atoms with Gasteiger partial charge in [-0.1, -0.05) is 0 Å². The van der Waals surface area contributed by atoms with Crippen molar-refractivity contribution in [3.05, 3.63) is 0 Å². The normalized spacial score (nSPS) is 16.9. The Kier molecular flexibility index (Phi) is 7.32. The molecule has 1 unspecified atom stereocenters. The van der Waals surface area contributed by atoms with Crippen LogP contribution in [0.1, 0.15) is 0 Å². The van der Waals surface area contributed by atoms with Crippen molar-refractivity contribution < 1.29 is 92.5 Å². The molecule has 32 heavy (non-hydrogen) atoms. The molecule has 0 aromatic rings. The molecule has 0 aromatic carbocycles. The molecule has 0 radical (unpaired) electrons. The van der Waals surface area contributed by atoms with Crippen molar-refractivity contribution in [1.29, 1.82) is 0 Å². The predicted molar refractivity (Wildman–Crippen MR) is 60.2 cm³/mol. The summed E-state index contributed by atoms with van der Waals surface area (Å²) in [5, 5.41) is 0. The van der Waals surface area contributed by atoms with Gasteiger partial charge in [0.1, 0.15) is 0 Å². The summed E-state index contributed by atoms with van der Waals surface area (Å²) in [6, 6.07) is 0. The first-order chi connectivity index (χ1) is 13.5. The molecule has 0 aliphatic heterocycles. The van der Waals surface area contributed by atoms with Gasteiger partial charge < -0.3 is 0 Å². The van der Waals surface area contributed by atoms with E-state index in [1.165, 1.54) is 0 Å². The minimum absolute atomic E-state index is 0.235. The second-order valence-corrected chi connectivity index (χ2v) is 6.94. The molecule has 0 saturated carbocycles. The first kappa shape index (κ1) is 30.7. The fraction of sp³-hybridized carbons (Fsp3) is 1.00. The van der Waals surface area contributed by atoms with Crippen molar-refractivity contribution in [2.75, 3.05) is 7.11 Å². The Balaban J connectivity index is 6.96. The summed E-state index contributed by atoms with van der Waals surface area (Å²) in [5.41, 5.74) is -7.13. The van der Waals surface area contributed by atoms with E-state index in [1.54, 1.807) is 0 Å². The van der Waals surface area contributed by atoms with Crippen LogP contribution in [0.4, 0.5) is 83.4 Å². The Morgan fingerprint density at radius 1 is 0.438 bits per heavy atom. The highest BCUT2D eigenvalue weighted by molar-refractivity contribution is 7.40. The van der Waals surface area contributed by atoms with Gasteiger partial charge in [0.05, 0.1) is 7.11 Å². The Bertz CT molecular complexity index is 722. The standard InChI is InChI=1S/C10H3F19O2P/c1-31-32(30)10(28,29)8(23,24)6(19,20)4(15,16)2(11,12)3(13,14)5(17,18)7(21,22)9(25,26)27/h1H3/q+1. The SMILES string of the molecule is CO[P+](=O)C(F)(F)C(F)(F)C(F)(F)C(F)(F)C(F)(F)C(F)(F)C(F)(F)C(F)(F)C(F)(F)F. The van der Waals surface area contributed by atoms with Crippen LogP contribution < -0.4 is 0 Å². The quantitative estimate of drug-likeness (QED) is 0.230. The van der Waals surface area contributed by atoms with Crippen LogP contribution in [0.25, 0.3) is 0 Å². The zero-order valence-electron chi connectivity index (χ0n) is 13.9. The molecule has 0 bridgehead atoms. The summed E-state index contributed by atoms with van der Waals surface area (Å²) in [4.78, 5) is 0. The van der Waals surface area contributed by atoms with E-state index in [-0.39, 0.29) is 7.11 Å². The molecule has 0 spiro atoms. The Morgan fingerprint density at radius 2 is 0.656 bits per heavy atom. The van der Waals surface area contributed by atoms with Crippen LogP contribution in [0, 0.1) is 0 Å². The summed E-state index contributed by atoms with van der Waals surface area (Å²) in [6.45, 7) is 0. The van der Waals surface area contributed by atoms with Crippen LogP contribution in [0.3, 0.4) is 0 Å². The molecular formula is C10H3F19O2P+. The highest BCUT2D eigenvalue weighted by atomic mass is 31.1. The van der Waals surface area contributed by atoms with Crippen molar-refractivity contribution in [2.45, 2.75) is 53.3 Å². The summed E-state index contributed by atoms with van der Waals surface area (Å²) in [5.74, 6) is -60.7. The van der Waals surface area contributed by atoms with Gasteiger partial charge >= 0.3 is 61.3 Å². The van der Waals surface area contributed by atoms with Crippen LogP contribution in [0.15, 0.2) is 0 Å². The van der Waals surface area contributed by atoms with Gasteiger partial charge in [-0.2, -0.15) is 74.6 Å². The fourth-order valence-electron chi connectivity index (χ4n) is 1.58. The van der Waals surface area contributed by atoms with Crippen LogP contribution in [0.5, 0.6) is 0 Å². The van der Waals surface area contributed by atoms with Gasteiger partial charge in [-0.25, -0.2) is 0 Å². The number of rotatable bonds is 9. The summed E-state index contributed by atoms with van der Waals surface area (Å²) in [6.07, 6.45) is -7.93. The van der Waals surface area contributed by atoms with Gasteiger partial charge in [-0.15, -0.1) is 13.3 Å². The van der Waals surface area contributed by atoms with E-state index in [1.807, 2.05) is 0 Å². The van der Waals surface area contributed by atoms with Gasteiger partial charge in [-0.05, 0) is 4.57 Å². The lowest BCUT2D eigenvalue weighted by atomic mass is 9.89. The maximum Gasteiger partial charge on any atom is 0.593 e. The zero-order chi connectivity index (χ0) is 26.8. The smallest absolute Gasteiger partial charge is 0.192 e. The lowest BCUT2D eigenvalue weighted by molar-refractivity contribution is -0.466. The molecule has 0 rings (SSSR count). The highest BCUT2D eigenvalue weighted by Gasteiger charge is 2.98. The number of hydrogen-bond donors (Lipinski definition) is 0. The van der Waals surface area contributed by atoms with Gasteiger partial charge in [0.2, 0.25) is 0 Å². The lowest BCUT2D eigenvalue weighted by Gasteiger charge is -2.42. The minimum Gasteiger partial charge on any atom is -0.192 e. The molecule has 0 aliphatic rings. The maximum absolute atomic E-state index is 13.3. The molecule has 2 nitrogen and oxygen atoms in total. The largest absolute Gasteiger partial charge is 0.593 e. The molecule has 0 N–H and O–H groups in total. The number of hydrogen-bond acceptors (Lipinski definition) is 2. The third-order valence-corrected chi connectivity index (χ3v) is 4.57. The minimum atomic E-state index is -9.00. The van der Waals surface area contributed by atoms with Crippen molar-refractivity contribution >= 4 is 8.03 Å². The second-order valence-electron chi connectivity index (χ2n) is 5.50. The van der Waals surface area contributed by atoms with Crippen LogP contribution in [0.2, 0.25) is 0 Å². The second kappa shape index (κ2) is 7.63. The Hall–Kier alpha value is -1.27. The Labute approximate surface area is 162 Å². The summed E-state index contributed by atoms with van der Waals surface area (Å²) < 4.78 is 258. The van der Waals surface area contributed by atoms with Gasteiger partial charge in [0.25, 0.3) is 0 Å². The van der Waals surface area contributed by atoms with Crippen LogP contribution in [-0.2, 0) is 9.09 Å². The van der Waals surface area contributed by atoms with Gasteiger partial charge in [0.15, 0.2) is 0 Å². The predicted octanol–water partition coefficient (Wildman–Crippen LogP) is 6.98. The van der Waals surface area contributed by atoms with Crippen molar-refractivity contribution in [3.8, 4) is 0 Å². The molecule has 0 amide bonds. The summed E-state index contributed by atoms with van der Waals surface area (Å²) in [7, 11) is -5.77. The van der Waals surface area contributed by atoms with E-state index >= 15 is 0 Å². The van der Waals surface area contributed by atoms with Crippen molar-refractivity contribution in [1.82, 2.24) is 0 Å². The molecule has 0 aromatic heterocycles. The van der Waals surface area contributed by atoms with Crippen molar-refractivity contribution in [3.63, 3.8) is 0 Å². The van der Waals surface area contributed by atoms with E-state index in [0.29, 0.717) is 0 Å². The molecule has 0 aliphatic carbocycles. The van der Waals surface area contributed by atoms with E-state index < -0.39 is 61.3 Å². The van der Waals surface area contributed by atoms with Gasteiger partial charge in [-0.3, -0.25) is 0 Å². The van der Waals surface area contributed by atoms with Crippen LogP contribution in [-0.4, -0.2) is 60.4 Å². The fourth-order valence-corrected chi connectivity index (χ4v) is 2.18. The molecule has 0 fully saturated rings. The molecule has 0 heterocycles. The van der Waals surface area contributed by atoms with Crippen LogP contribution >= 0.6 is 8.03 Å². The first-order valence-corrected chi connectivity index (χ1v) is 7.77. The monoisotopic (exact) mass is 547 g/mol. The number of alkyl halides is 19. The highest BCUT2D eigenvalue weighted by Crippen LogP contribution is 2.67. The summed E-state index contributed by atoms with van der Waals surface area (Å²) >= 11 is 0. The Morgan fingerprint density at radius 3 is 0.875 bits per heavy atom. The molecule has 22 heteroatoms. The maximum atomic E-state index is 13.3. The molecule has 1 atom stereocenters. The van der Waals surface area contributed by atoms with Crippen molar-refractivity contribution in [2.24, 2.45) is 0 Å². The average molecular weight is 547 g/mol. The van der Waals surface area contributed by atoms with E-state index in [4.69, 9.17) is 0 Å². The molecule has 0 saturated heterocycles. The molecular weight excluding hydrogens is 544 g/mol. The van der Waals surface area contributed by atoms with E-state index in [0.717, 1.165) is 0 Å². The molecule has 192 valence electrons. The zero-order valence-corrected chi connectivity index (χ0v) is 14.8. The first-order valence-electron chi connectivity index (χ1n) is 6.59. The topological polar surface area (TPSA) is 26.3 Å². The third kappa shape index (κ3) is 3.56. The van der Waals surface area contributed by atoms with E-state index in [9.17, 15) is 88.0 Å². The van der Waals surface area contributed by atoms with E-state index in [2.05, 4.69) is 4.52 Å².